The SMILES string of the molecule is CC(C)[Si](C(C)C)(C(C)C)n1ccc(B2OC(C)(C)C(C)(C)O2)c1. The van der Waals surface area contributed by atoms with Gasteiger partial charge in [0.15, 0.2) is 8.24 Å². The third kappa shape index (κ3) is 2.93. The fourth-order valence-electron chi connectivity index (χ4n) is 4.67. The molecule has 2 heterocycles. The maximum Gasteiger partial charge on any atom is 0.496 e. The van der Waals surface area contributed by atoms with Gasteiger partial charge in [-0.05, 0) is 68.2 Å². The van der Waals surface area contributed by atoms with E-state index in [0.717, 1.165) is 5.46 Å². The smallest absolute Gasteiger partial charge is 0.399 e. The predicted molar refractivity (Wildman–Crippen MR) is 107 cm³/mol. The van der Waals surface area contributed by atoms with E-state index in [-0.39, 0.29) is 18.3 Å². The van der Waals surface area contributed by atoms with Crippen LogP contribution in [0.3, 0.4) is 0 Å². The van der Waals surface area contributed by atoms with Crippen molar-refractivity contribution in [1.29, 1.82) is 0 Å². The third-order valence-corrected chi connectivity index (χ3v) is 13.2. The lowest BCUT2D eigenvalue weighted by Gasteiger charge is -2.44. The molecule has 0 unspecified atom stereocenters. The Kier molecular flexibility index (Phi) is 5.22. The molecule has 0 N–H and O–H groups in total. The monoisotopic (exact) mass is 349 g/mol. The summed E-state index contributed by atoms with van der Waals surface area (Å²) in [4.78, 5) is 0. The minimum absolute atomic E-state index is 0.269. The van der Waals surface area contributed by atoms with E-state index in [2.05, 4.69) is 91.9 Å². The van der Waals surface area contributed by atoms with Gasteiger partial charge in [0.25, 0.3) is 0 Å². The zero-order valence-corrected chi connectivity index (χ0v) is 18.3. The maximum absolute atomic E-state index is 6.24. The van der Waals surface area contributed by atoms with Gasteiger partial charge < -0.3 is 13.5 Å². The molecule has 0 aromatic carbocycles. The van der Waals surface area contributed by atoms with Crippen LogP contribution in [0.5, 0.6) is 0 Å². The zero-order valence-electron chi connectivity index (χ0n) is 17.3. The maximum atomic E-state index is 6.24. The van der Waals surface area contributed by atoms with Crippen molar-refractivity contribution in [2.75, 3.05) is 0 Å². The van der Waals surface area contributed by atoms with E-state index in [4.69, 9.17) is 9.31 Å². The minimum Gasteiger partial charge on any atom is -0.399 e. The Balaban J connectivity index is 2.40. The van der Waals surface area contributed by atoms with Crippen LogP contribution in [-0.4, -0.2) is 30.8 Å². The molecule has 1 aromatic heterocycles. The highest BCUT2D eigenvalue weighted by Crippen LogP contribution is 2.42. The molecule has 1 saturated heterocycles. The van der Waals surface area contributed by atoms with Crippen LogP contribution in [-0.2, 0) is 9.31 Å². The van der Waals surface area contributed by atoms with Crippen molar-refractivity contribution in [3.8, 4) is 0 Å². The number of hydrogen-bond donors (Lipinski definition) is 0. The molecule has 0 bridgehead atoms. The molecule has 0 spiro atoms. The van der Waals surface area contributed by atoms with Gasteiger partial charge >= 0.3 is 7.12 Å². The summed E-state index contributed by atoms with van der Waals surface area (Å²) < 4.78 is 15.0. The van der Waals surface area contributed by atoms with Crippen LogP contribution in [0, 0.1) is 0 Å². The molecule has 1 fully saturated rings. The topological polar surface area (TPSA) is 23.4 Å². The molecule has 0 atom stereocenters. The van der Waals surface area contributed by atoms with Gasteiger partial charge in [0.05, 0.1) is 11.2 Å². The molecule has 24 heavy (non-hydrogen) atoms. The van der Waals surface area contributed by atoms with Crippen molar-refractivity contribution in [3.63, 3.8) is 0 Å². The van der Waals surface area contributed by atoms with Gasteiger partial charge in [-0.1, -0.05) is 41.5 Å². The predicted octanol–water partition coefficient (Wildman–Crippen LogP) is 4.81. The van der Waals surface area contributed by atoms with E-state index >= 15 is 0 Å². The average Bonchev–Trinajstić information content (AvgIpc) is 2.93. The van der Waals surface area contributed by atoms with Crippen molar-refractivity contribution in [1.82, 2.24) is 4.23 Å². The first-order valence-electron chi connectivity index (χ1n) is 9.40. The Morgan fingerprint density at radius 1 is 0.875 bits per heavy atom. The first-order valence-corrected chi connectivity index (χ1v) is 11.6. The van der Waals surface area contributed by atoms with Crippen LogP contribution in [0.4, 0.5) is 0 Å². The second-order valence-corrected chi connectivity index (χ2v) is 15.0. The number of aromatic nitrogens is 1. The molecule has 1 aliphatic rings. The van der Waals surface area contributed by atoms with Gasteiger partial charge in [-0.2, -0.15) is 0 Å². The molecule has 3 nitrogen and oxygen atoms in total. The first kappa shape index (κ1) is 19.8. The van der Waals surface area contributed by atoms with Crippen LogP contribution >= 0.6 is 0 Å². The molecule has 0 aliphatic carbocycles. The lowest BCUT2D eigenvalue weighted by molar-refractivity contribution is 0.00578. The molecular formula is C19H36BNO2Si. The van der Waals surface area contributed by atoms with Gasteiger partial charge in [-0.15, -0.1) is 0 Å². The van der Waals surface area contributed by atoms with Crippen LogP contribution < -0.4 is 5.46 Å². The quantitative estimate of drug-likeness (QED) is 0.712. The molecule has 0 saturated carbocycles. The van der Waals surface area contributed by atoms with E-state index in [1.54, 1.807) is 0 Å². The van der Waals surface area contributed by atoms with Crippen LogP contribution in [0.15, 0.2) is 18.5 Å². The molecule has 1 aliphatic heterocycles. The van der Waals surface area contributed by atoms with E-state index in [0.29, 0.717) is 16.6 Å². The zero-order chi connectivity index (χ0) is 18.5. The molecular weight excluding hydrogens is 313 g/mol. The summed E-state index contributed by atoms with van der Waals surface area (Å²) in [6, 6.07) is 2.19. The average molecular weight is 349 g/mol. The van der Waals surface area contributed by atoms with Gasteiger partial charge in [0.1, 0.15) is 0 Å². The van der Waals surface area contributed by atoms with Crippen LogP contribution in [0.1, 0.15) is 69.2 Å². The highest BCUT2D eigenvalue weighted by atomic mass is 28.3. The van der Waals surface area contributed by atoms with Crippen molar-refractivity contribution in [3.05, 3.63) is 18.5 Å². The minimum atomic E-state index is -1.70. The van der Waals surface area contributed by atoms with Crippen molar-refractivity contribution in [2.45, 2.75) is 97.1 Å². The summed E-state index contributed by atoms with van der Waals surface area (Å²) in [5.74, 6) is 0. The molecule has 1 aromatic rings. The number of nitrogens with zero attached hydrogens (tertiary/aromatic N) is 1. The summed E-state index contributed by atoms with van der Waals surface area (Å²) >= 11 is 0. The van der Waals surface area contributed by atoms with Crippen molar-refractivity contribution < 1.29 is 9.31 Å². The normalized spacial score (nSPS) is 20.6. The van der Waals surface area contributed by atoms with Crippen LogP contribution in [0.25, 0.3) is 0 Å². The summed E-state index contributed by atoms with van der Waals surface area (Å²) in [6.45, 7) is 22.8. The summed E-state index contributed by atoms with van der Waals surface area (Å²) in [6.07, 6.45) is 4.57. The van der Waals surface area contributed by atoms with E-state index in [9.17, 15) is 0 Å². The molecule has 5 heteroatoms. The van der Waals surface area contributed by atoms with E-state index in [1.807, 2.05) is 0 Å². The van der Waals surface area contributed by atoms with Gasteiger partial charge in [0.2, 0.25) is 0 Å². The van der Waals surface area contributed by atoms with Crippen LogP contribution in [0.2, 0.25) is 16.6 Å². The number of hydrogen-bond acceptors (Lipinski definition) is 2. The Morgan fingerprint density at radius 3 is 1.67 bits per heavy atom. The van der Waals surface area contributed by atoms with E-state index in [1.165, 1.54) is 0 Å². The second-order valence-electron chi connectivity index (χ2n) is 9.29. The lowest BCUT2D eigenvalue weighted by atomic mass is 9.81. The van der Waals surface area contributed by atoms with Crippen molar-refractivity contribution >= 4 is 20.8 Å². The second kappa shape index (κ2) is 6.33. The Hall–Kier alpha value is -0.518. The third-order valence-electron chi connectivity index (χ3n) is 6.46. The molecule has 0 radical (unpaired) electrons. The summed E-state index contributed by atoms with van der Waals surface area (Å²) in [7, 11) is -1.97. The standard InChI is InChI=1S/C19H36BNO2Si/c1-14(2)24(15(3)4,16(5)6)21-12-11-17(13-21)20-22-18(7,8)19(9,10)23-20/h11-16H,1-10H3. The Morgan fingerprint density at radius 2 is 1.29 bits per heavy atom. The Bertz CT molecular complexity index is 540. The number of rotatable bonds is 5. The molecule has 0 amide bonds. The van der Waals surface area contributed by atoms with Gasteiger partial charge in [-0.3, -0.25) is 0 Å². The van der Waals surface area contributed by atoms with E-state index < -0.39 is 8.24 Å². The highest BCUT2D eigenvalue weighted by Gasteiger charge is 2.52. The Labute approximate surface area is 150 Å². The lowest BCUT2D eigenvalue weighted by Crippen LogP contribution is -2.51. The largest absolute Gasteiger partial charge is 0.496 e. The van der Waals surface area contributed by atoms with Crippen molar-refractivity contribution in [2.24, 2.45) is 0 Å². The first-order chi connectivity index (χ1) is 10.9. The fourth-order valence-corrected chi connectivity index (χ4v) is 11.2. The summed E-state index contributed by atoms with van der Waals surface area (Å²) in [5, 5.41) is 0. The highest BCUT2D eigenvalue weighted by molar-refractivity contribution is 6.82. The molecule has 136 valence electrons. The summed E-state index contributed by atoms with van der Waals surface area (Å²) in [5.41, 5.74) is 2.60. The molecule has 2 rings (SSSR count). The fraction of sp³-hybridized carbons (Fsp3) is 0.789. The van der Waals surface area contributed by atoms with Gasteiger partial charge in [-0.25, -0.2) is 0 Å². The van der Waals surface area contributed by atoms with Gasteiger partial charge in [0, 0.05) is 0 Å².